The predicted molar refractivity (Wildman–Crippen MR) is 173 cm³/mol. The molecule has 0 aliphatic heterocycles. The lowest BCUT2D eigenvalue weighted by Gasteiger charge is -2.14. The van der Waals surface area contributed by atoms with Gasteiger partial charge in [0.15, 0.2) is 0 Å². The van der Waals surface area contributed by atoms with Crippen molar-refractivity contribution in [3.8, 4) is 11.5 Å². The molecule has 3 heterocycles. The number of carbonyl (C=O) groups excluding carboxylic acids is 1. The molecular weight excluding hydrogens is 615 g/mol. The minimum absolute atomic E-state index is 0.329. The quantitative estimate of drug-likeness (QED) is 0.165. The number of pyridine rings is 1. The summed E-state index contributed by atoms with van der Waals surface area (Å²) in [6.07, 6.45) is -1.01. The van der Waals surface area contributed by atoms with Crippen LogP contribution < -0.4 is 20.1 Å². The lowest BCUT2D eigenvalue weighted by Crippen LogP contribution is -2.13. The third kappa shape index (κ3) is 6.16. The zero-order valence-corrected chi connectivity index (χ0v) is 25.8. The molecule has 3 aromatic carbocycles. The summed E-state index contributed by atoms with van der Waals surface area (Å²) in [4.78, 5) is 27.0. The third-order valence-electron chi connectivity index (χ3n) is 7.67. The highest BCUT2D eigenvalue weighted by Gasteiger charge is 2.30. The van der Waals surface area contributed by atoms with Gasteiger partial charge in [0, 0.05) is 46.9 Å². The van der Waals surface area contributed by atoms with Crippen LogP contribution in [0.5, 0.6) is 11.5 Å². The van der Waals surface area contributed by atoms with Crippen molar-refractivity contribution in [1.29, 1.82) is 0 Å². The van der Waals surface area contributed by atoms with E-state index in [0.29, 0.717) is 58.3 Å². The fourth-order valence-electron chi connectivity index (χ4n) is 5.23. The van der Waals surface area contributed by atoms with Gasteiger partial charge in [-0.3, -0.25) is 9.78 Å². The van der Waals surface area contributed by atoms with Crippen LogP contribution in [-0.4, -0.2) is 35.1 Å². The summed E-state index contributed by atoms with van der Waals surface area (Å²) in [5.41, 5.74) is 3.98. The van der Waals surface area contributed by atoms with Gasteiger partial charge < -0.3 is 20.1 Å². The Balaban J connectivity index is 1.25. The normalized spacial score (nSPS) is 11.5. The number of aromatic nitrogens is 3. The van der Waals surface area contributed by atoms with Crippen molar-refractivity contribution in [1.82, 2.24) is 15.0 Å². The number of alkyl halides is 3. The summed E-state index contributed by atoms with van der Waals surface area (Å²) in [5, 5.41) is 9.73. The largest absolute Gasteiger partial charge is 0.497 e. The van der Waals surface area contributed by atoms with E-state index >= 15 is 0 Å². The molecule has 0 bridgehead atoms. The predicted octanol–water partition coefficient (Wildman–Crippen LogP) is 8.04. The first-order valence-electron chi connectivity index (χ1n) is 14.2. The van der Waals surface area contributed by atoms with Crippen LogP contribution in [0.3, 0.4) is 0 Å². The lowest BCUT2D eigenvalue weighted by molar-refractivity contribution is -0.137. The number of hydrogen-bond acceptors (Lipinski definition) is 8. The van der Waals surface area contributed by atoms with Crippen LogP contribution in [0.4, 0.5) is 24.7 Å². The van der Waals surface area contributed by atoms with Gasteiger partial charge in [-0.1, -0.05) is 24.3 Å². The molecule has 0 unspecified atom stereocenters. The number of halogens is 3. The van der Waals surface area contributed by atoms with E-state index in [9.17, 15) is 18.0 Å². The van der Waals surface area contributed by atoms with E-state index in [1.54, 1.807) is 25.8 Å². The van der Waals surface area contributed by atoms with Gasteiger partial charge >= 0.3 is 6.18 Å². The summed E-state index contributed by atoms with van der Waals surface area (Å²) in [7, 11) is 3.19. The van der Waals surface area contributed by atoms with Crippen LogP contribution in [0.15, 0.2) is 78.6 Å². The van der Waals surface area contributed by atoms with Crippen LogP contribution in [-0.2, 0) is 19.1 Å². The number of aryl methyl sites for hydroxylation is 1. The Morgan fingerprint density at radius 3 is 2.48 bits per heavy atom. The summed E-state index contributed by atoms with van der Waals surface area (Å²) in [6.45, 7) is 2.32. The van der Waals surface area contributed by atoms with Gasteiger partial charge in [0.25, 0.3) is 5.91 Å². The summed E-state index contributed by atoms with van der Waals surface area (Å²) in [5.74, 6) is 1.62. The van der Waals surface area contributed by atoms with E-state index in [1.165, 1.54) is 29.8 Å². The summed E-state index contributed by atoms with van der Waals surface area (Å²) < 4.78 is 50.6. The van der Waals surface area contributed by atoms with Gasteiger partial charge in [-0.15, -0.1) is 11.3 Å². The van der Waals surface area contributed by atoms with Crippen LogP contribution in [0.2, 0.25) is 0 Å². The number of benzene rings is 3. The average molecular weight is 644 g/mol. The van der Waals surface area contributed by atoms with Gasteiger partial charge in [-0.2, -0.15) is 13.2 Å². The number of fused-ring (bicyclic) bond motifs is 2. The van der Waals surface area contributed by atoms with Gasteiger partial charge in [0.2, 0.25) is 0 Å². The van der Waals surface area contributed by atoms with Gasteiger partial charge in [-0.05, 0) is 48.4 Å². The van der Waals surface area contributed by atoms with Crippen LogP contribution >= 0.6 is 11.3 Å². The van der Waals surface area contributed by atoms with Crippen molar-refractivity contribution in [2.24, 2.45) is 0 Å². The second-order valence-corrected chi connectivity index (χ2v) is 11.4. The number of amides is 1. The maximum atomic E-state index is 13.7. The Morgan fingerprint density at radius 1 is 0.935 bits per heavy atom. The van der Waals surface area contributed by atoms with Crippen molar-refractivity contribution < 1.29 is 27.4 Å². The van der Waals surface area contributed by atoms with Crippen molar-refractivity contribution in [2.45, 2.75) is 26.1 Å². The molecule has 6 aromatic rings. The molecule has 0 fully saturated rings. The Hall–Kier alpha value is -5.23. The Labute approximate surface area is 266 Å². The molecule has 3 aromatic heterocycles. The molecule has 2 N–H and O–H groups in total. The monoisotopic (exact) mass is 643 g/mol. The molecule has 1 amide bonds. The first-order valence-corrected chi connectivity index (χ1v) is 15.1. The van der Waals surface area contributed by atoms with Crippen molar-refractivity contribution in [3.63, 3.8) is 0 Å². The minimum Gasteiger partial charge on any atom is -0.497 e. The van der Waals surface area contributed by atoms with Gasteiger partial charge in [-0.25, -0.2) is 9.97 Å². The smallest absolute Gasteiger partial charge is 0.416 e. The Morgan fingerprint density at radius 2 is 1.74 bits per heavy atom. The number of hydrogen-bond donors (Lipinski definition) is 2. The van der Waals surface area contributed by atoms with E-state index < -0.39 is 11.7 Å². The first kappa shape index (κ1) is 30.8. The third-order valence-corrected chi connectivity index (χ3v) is 8.64. The molecular formula is C34H28F3N5O3S. The lowest BCUT2D eigenvalue weighted by atomic mass is 9.99. The van der Waals surface area contributed by atoms with E-state index in [0.717, 1.165) is 38.7 Å². The zero-order chi connectivity index (χ0) is 32.4. The number of rotatable bonds is 9. The van der Waals surface area contributed by atoms with E-state index in [2.05, 4.69) is 25.6 Å². The molecule has 0 saturated heterocycles. The molecule has 0 saturated carbocycles. The molecule has 8 nitrogen and oxygen atoms in total. The fraction of sp³-hybridized carbons (Fsp3) is 0.176. The molecule has 0 aliphatic rings. The number of nitrogens with zero attached hydrogens (tertiary/aromatic N) is 3. The fourth-order valence-corrected chi connectivity index (χ4v) is 6.20. The molecule has 6 rings (SSSR count). The van der Waals surface area contributed by atoms with Crippen LogP contribution in [0.1, 0.15) is 38.3 Å². The molecule has 12 heteroatoms. The van der Waals surface area contributed by atoms with Gasteiger partial charge in [0.1, 0.15) is 23.6 Å². The van der Waals surface area contributed by atoms with Crippen LogP contribution in [0, 0.1) is 6.92 Å². The SMILES string of the molecule is COc1ccc(CNc2ncnc3c(C(=O)Nc4c(C)ccc5c(Cc6ccc(C(F)(F)F)cc6)nccc45)csc23)c(OC)c1. The number of thiophene rings is 1. The number of nitrogens with one attached hydrogen (secondary N) is 2. The maximum Gasteiger partial charge on any atom is 0.416 e. The maximum absolute atomic E-state index is 13.7. The van der Waals surface area contributed by atoms with Gasteiger partial charge in [0.05, 0.1) is 46.9 Å². The highest BCUT2D eigenvalue weighted by Crippen LogP contribution is 2.34. The molecule has 0 atom stereocenters. The van der Waals surface area contributed by atoms with Crippen molar-refractivity contribution >= 4 is 49.7 Å². The molecule has 0 radical (unpaired) electrons. The highest BCUT2D eigenvalue weighted by molar-refractivity contribution is 7.18. The van der Waals surface area contributed by atoms with Crippen molar-refractivity contribution in [2.75, 3.05) is 24.9 Å². The Bertz CT molecular complexity index is 2060. The number of ether oxygens (including phenoxy) is 2. The zero-order valence-electron chi connectivity index (χ0n) is 25.0. The molecule has 234 valence electrons. The summed E-state index contributed by atoms with van der Waals surface area (Å²) >= 11 is 1.36. The molecule has 0 spiro atoms. The standard InChI is InChI=1S/C34H28F3N5O3S/c1-19-4-11-24-25(12-13-38-27(24)14-20-5-8-22(9-6-20)34(35,36)37)29(19)42-33(43)26-17-46-31-30(26)40-18-41-32(31)39-16-21-7-10-23(44-2)15-28(21)45-3/h4-13,15,17-18H,14,16H2,1-3H3,(H,42,43)(H,39,40,41). The van der Waals surface area contributed by atoms with E-state index in [-0.39, 0.29) is 5.91 Å². The number of methoxy groups -OCH3 is 2. The molecule has 46 heavy (non-hydrogen) atoms. The van der Waals surface area contributed by atoms with Crippen LogP contribution in [0.25, 0.3) is 21.0 Å². The second kappa shape index (κ2) is 12.6. The number of carbonyl (C=O) groups is 1. The topological polar surface area (TPSA) is 98.3 Å². The minimum atomic E-state index is -4.40. The first-order chi connectivity index (χ1) is 22.2. The second-order valence-electron chi connectivity index (χ2n) is 10.5. The highest BCUT2D eigenvalue weighted by atomic mass is 32.1. The Kier molecular flexibility index (Phi) is 8.46. The van der Waals surface area contributed by atoms with E-state index in [1.807, 2.05) is 43.3 Å². The van der Waals surface area contributed by atoms with Crippen molar-refractivity contribution in [3.05, 3.63) is 112 Å². The molecule has 0 aliphatic carbocycles. The van der Waals surface area contributed by atoms with E-state index in [4.69, 9.17) is 9.47 Å². The average Bonchev–Trinajstić information content (AvgIpc) is 3.50. The summed E-state index contributed by atoms with van der Waals surface area (Å²) in [6, 6.07) is 16.2. The number of anilines is 2.